The molecular formula is C7H16N+. The van der Waals surface area contributed by atoms with Crippen LogP contribution in [0.5, 0.6) is 0 Å². The van der Waals surface area contributed by atoms with Crippen LogP contribution in [0.1, 0.15) is 26.2 Å². The molecule has 0 rings (SSSR count). The lowest BCUT2D eigenvalue weighted by Gasteiger charge is -1.85. The first-order chi connectivity index (χ1) is 3.77. The van der Waals surface area contributed by atoms with Crippen molar-refractivity contribution in [3.8, 4) is 0 Å². The number of hydrogen-bond donors (Lipinski definition) is 0. The van der Waals surface area contributed by atoms with Crippen LogP contribution in [0.25, 0.3) is 0 Å². The third-order valence-electron chi connectivity index (χ3n) is 1.05. The van der Waals surface area contributed by atoms with Gasteiger partial charge in [-0.05, 0) is 6.42 Å². The lowest BCUT2D eigenvalue weighted by molar-refractivity contribution is -0.460. The van der Waals surface area contributed by atoms with Gasteiger partial charge in [-0.1, -0.05) is 13.3 Å². The monoisotopic (exact) mass is 114 g/mol. The minimum absolute atomic E-state index is 1.23. The van der Waals surface area contributed by atoms with E-state index in [2.05, 4.69) is 31.8 Å². The molecule has 0 heterocycles. The maximum Gasteiger partial charge on any atom is 0.139 e. The highest BCUT2D eigenvalue weighted by atomic mass is 14.9. The zero-order valence-electron chi connectivity index (χ0n) is 6.15. The Balaban J connectivity index is 3.03. The van der Waals surface area contributed by atoms with Gasteiger partial charge in [0.25, 0.3) is 0 Å². The molecule has 0 aliphatic carbocycles. The van der Waals surface area contributed by atoms with E-state index < -0.39 is 0 Å². The number of unbranched alkanes of at least 4 members (excludes halogenated alkanes) is 2. The van der Waals surface area contributed by atoms with Crippen molar-refractivity contribution in [2.75, 3.05) is 14.1 Å². The van der Waals surface area contributed by atoms with Crippen molar-refractivity contribution < 1.29 is 4.58 Å². The van der Waals surface area contributed by atoms with Gasteiger partial charge in [0, 0.05) is 6.42 Å². The molecule has 0 aromatic carbocycles. The zero-order chi connectivity index (χ0) is 6.41. The van der Waals surface area contributed by atoms with Crippen LogP contribution in [0.2, 0.25) is 0 Å². The predicted molar refractivity (Wildman–Crippen MR) is 37.7 cm³/mol. The summed E-state index contributed by atoms with van der Waals surface area (Å²) in [7, 11) is 4.13. The smallest absolute Gasteiger partial charge is 0.139 e. The van der Waals surface area contributed by atoms with Crippen LogP contribution in [-0.4, -0.2) is 24.9 Å². The highest BCUT2D eigenvalue weighted by Crippen LogP contribution is 1.88. The van der Waals surface area contributed by atoms with Crippen molar-refractivity contribution in [2.24, 2.45) is 0 Å². The van der Waals surface area contributed by atoms with Crippen molar-refractivity contribution in [2.45, 2.75) is 26.2 Å². The van der Waals surface area contributed by atoms with Gasteiger partial charge in [0.15, 0.2) is 0 Å². The summed E-state index contributed by atoms with van der Waals surface area (Å²) >= 11 is 0. The average molecular weight is 114 g/mol. The molecular weight excluding hydrogens is 98.1 g/mol. The van der Waals surface area contributed by atoms with Gasteiger partial charge in [-0.2, -0.15) is 0 Å². The quantitative estimate of drug-likeness (QED) is 0.297. The summed E-state index contributed by atoms with van der Waals surface area (Å²) in [6.07, 6.45) is 6.05. The molecule has 0 saturated carbocycles. The second-order valence-corrected chi connectivity index (χ2v) is 2.29. The van der Waals surface area contributed by atoms with Crippen LogP contribution in [0.3, 0.4) is 0 Å². The van der Waals surface area contributed by atoms with Crippen LogP contribution < -0.4 is 0 Å². The molecule has 0 amide bonds. The lowest BCUT2D eigenvalue weighted by Crippen LogP contribution is -1.97. The van der Waals surface area contributed by atoms with Gasteiger partial charge in [-0.25, -0.2) is 4.58 Å². The molecule has 1 nitrogen and oxygen atoms in total. The third kappa shape index (κ3) is 5.67. The van der Waals surface area contributed by atoms with Crippen LogP contribution in [0.15, 0.2) is 0 Å². The van der Waals surface area contributed by atoms with E-state index >= 15 is 0 Å². The summed E-state index contributed by atoms with van der Waals surface area (Å²) in [4.78, 5) is 0. The van der Waals surface area contributed by atoms with Gasteiger partial charge in [-0.15, -0.1) is 0 Å². The molecule has 0 aliphatic rings. The van der Waals surface area contributed by atoms with Crippen molar-refractivity contribution in [1.29, 1.82) is 0 Å². The van der Waals surface area contributed by atoms with Gasteiger partial charge >= 0.3 is 0 Å². The van der Waals surface area contributed by atoms with Crippen LogP contribution >= 0.6 is 0 Å². The van der Waals surface area contributed by atoms with E-state index in [4.69, 9.17) is 0 Å². The fourth-order valence-electron chi connectivity index (χ4n) is 0.554. The van der Waals surface area contributed by atoms with Gasteiger partial charge < -0.3 is 0 Å². The molecule has 0 unspecified atom stereocenters. The van der Waals surface area contributed by atoms with E-state index in [9.17, 15) is 0 Å². The minimum atomic E-state index is 1.23. The number of nitrogens with zero attached hydrogens (tertiary/aromatic N) is 1. The first-order valence-electron chi connectivity index (χ1n) is 3.27. The Labute approximate surface area is 52.0 Å². The summed E-state index contributed by atoms with van der Waals surface area (Å²) < 4.78 is 2.11. The van der Waals surface area contributed by atoms with Crippen molar-refractivity contribution in [1.82, 2.24) is 0 Å². The average Bonchev–Trinajstić information content (AvgIpc) is 1.66. The topological polar surface area (TPSA) is 3.01 Å². The SMILES string of the molecule is CCCCC=[N+](C)C. The minimum Gasteiger partial charge on any atom is -0.245 e. The Morgan fingerprint density at radius 2 is 2.00 bits per heavy atom. The van der Waals surface area contributed by atoms with E-state index in [-0.39, 0.29) is 0 Å². The molecule has 0 saturated heterocycles. The van der Waals surface area contributed by atoms with E-state index in [0.29, 0.717) is 0 Å². The van der Waals surface area contributed by atoms with Crippen molar-refractivity contribution in [3.05, 3.63) is 0 Å². The molecule has 0 fully saturated rings. The Bertz CT molecular complexity index is 70.5. The summed E-state index contributed by atoms with van der Waals surface area (Å²) in [6.45, 7) is 2.21. The van der Waals surface area contributed by atoms with E-state index in [1.165, 1.54) is 19.3 Å². The Morgan fingerprint density at radius 3 is 2.38 bits per heavy atom. The normalized spacial score (nSPS) is 8.88. The molecule has 0 atom stereocenters. The first-order valence-corrected chi connectivity index (χ1v) is 3.27. The van der Waals surface area contributed by atoms with Gasteiger partial charge in [0.2, 0.25) is 0 Å². The summed E-state index contributed by atoms with van der Waals surface area (Å²) in [5.41, 5.74) is 0. The zero-order valence-corrected chi connectivity index (χ0v) is 6.15. The van der Waals surface area contributed by atoms with Crippen LogP contribution in [-0.2, 0) is 0 Å². The number of rotatable bonds is 3. The van der Waals surface area contributed by atoms with E-state index in [0.717, 1.165) is 0 Å². The van der Waals surface area contributed by atoms with Crippen LogP contribution in [0.4, 0.5) is 0 Å². The second kappa shape index (κ2) is 4.82. The molecule has 0 aromatic heterocycles. The fraction of sp³-hybridized carbons (Fsp3) is 0.857. The van der Waals surface area contributed by atoms with Crippen molar-refractivity contribution in [3.63, 3.8) is 0 Å². The largest absolute Gasteiger partial charge is 0.245 e. The second-order valence-electron chi connectivity index (χ2n) is 2.29. The molecule has 0 radical (unpaired) electrons. The van der Waals surface area contributed by atoms with Crippen molar-refractivity contribution >= 4 is 6.21 Å². The highest BCUT2D eigenvalue weighted by molar-refractivity contribution is 5.50. The molecule has 0 N–H and O–H groups in total. The van der Waals surface area contributed by atoms with Gasteiger partial charge in [0.05, 0.1) is 0 Å². The Kier molecular flexibility index (Phi) is 4.62. The molecule has 8 heavy (non-hydrogen) atoms. The van der Waals surface area contributed by atoms with E-state index in [1.54, 1.807) is 0 Å². The molecule has 0 spiro atoms. The summed E-state index contributed by atoms with van der Waals surface area (Å²) in [5, 5.41) is 0. The first kappa shape index (κ1) is 7.67. The molecule has 0 aliphatic heterocycles. The maximum absolute atomic E-state index is 2.21. The molecule has 48 valence electrons. The fourth-order valence-corrected chi connectivity index (χ4v) is 0.554. The Hall–Kier alpha value is -0.330. The summed E-state index contributed by atoms with van der Waals surface area (Å²) in [5.74, 6) is 0. The highest BCUT2D eigenvalue weighted by Gasteiger charge is 1.82. The standard InChI is InChI=1S/C7H16N/c1-4-5-6-7-8(2)3/h7H,4-6H2,1-3H3/q+1. The van der Waals surface area contributed by atoms with E-state index in [1.807, 2.05) is 0 Å². The number of hydrogen-bond acceptors (Lipinski definition) is 0. The van der Waals surface area contributed by atoms with Gasteiger partial charge in [-0.3, -0.25) is 0 Å². The summed E-state index contributed by atoms with van der Waals surface area (Å²) in [6, 6.07) is 0. The van der Waals surface area contributed by atoms with Crippen LogP contribution in [0, 0.1) is 0 Å². The molecule has 0 aromatic rings. The third-order valence-corrected chi connectivity index (χ3v) is 1.05. The molecule has 1 heteroatoms. The maximum atomic E-state index is 2.21. The molecule has 0 bridgehead atoms. The predicted octanol–water partition coefficient (Wildman–Crippen LogP) is 1.52. The lowest BCUT2D eigenvalue weighted by atomic mass is 10.3. The van der Waals surface area contributed by atoms with Gasteiger partial charge in [0.1, 0.15) is 20.3 Å². The Morgan fingerprint density at radius 1 is 1.38 bits per heavy atom.